The van der Waals surface area contributed by atoms with Gasteiger partial charge in [-0.2, -0.15) is 0 Å². The van der Waals surface area contributed by atoms with Gasteiger partial charge in [0.2, 0.25) is 5.91 Å². The lowest BCUT2D eigenvalue weighted by atomic mass is 10.1. The Hall–Kier alpha value is -2.62. The first-order valence-electron chi connectivity index (χ1n) is 9.29. The number of rotatable bonds is 5. The van der Waals surface area contributed by atoms with Crippen LogP contribution >= 0.6 is 0 Å². The Labute approximate surface area is 152 Å². The van der Waals surface area contributed by atoms with Gasteiger partial charge in [0, 0.05) is 29.7 Å². The van der Waals surface area contributed by atoms with E-state index in [4.69, 9.17) is 0 Å². The number of amides is 1. The fraction of sp³-hybridized carbons (Fsp3) is 0.318. The lowest BCUT2D eigenvalue weighted by molar-refractivity contribution is -0.121. The average Bonchev–Trinajstić information content (AvgIpc) is 3.26. The molecule has 3 aromatic rings. The average molecular weight is 350 g/mol. The van der Waals surface area contributed by atoms with Crippen molar-refractivity contribution in [2.75, 3.05) is 0 Å². The van der Waals surface area contributed by atoms with Crippen molar-refractivity contribution < 1.29 is 9.18 Å². The van der Waals surface area contributed by atoms with Crippen molar-refractivity contribution in [3.63, 3.8) is 0 Å². The van der Waals surface area contributed by atoms with Crippen LogP contribution in [0.15, 0.2) is 54.7 Å². The van der Waals surface area contributed by atoms with Crippen LogP contribution in [0.4, 0.5) is 4.39 Å². The van der Waals surface area contributed by atoms with Gasteiger partial charge in [-0.1, -0.05) is 43.2 Å². The van der Waals surface area contributed by atoms with Crippen LogP contribution in [0.2, 0.25) is 0 Å². The van der Waals surface area contributed by atoms with E-state index in [1.807, 2.05) is 12.1 Å². The molecule has 1 aliphatic carbocycles. The quantitative estimate of drug-likeness (QED) is 0.726. The number of nitrogens with one attached hydrogen (secondary N) is 1. The van der Waals surface area contributed by atoms with Crippen molar-refractivity contribution in [1.29, 1.82) is 0 Å². The molecule has 4 heteroatoms. The van der Waals surface area contributed by atoms with Gasteiger partial charge in [-0.15, -0.1) is 0 Å². The summed E-state index contributed by atoms with van der Waals surface area (Å²) in [5, 5.41) is 4.27. The Morgan fingerprint density at radius 1 is 1.08 bits per heavy atom. The highest BCUT2D eigenvalue weighted by Crippen LogP contribution is 2.24. The summed E-state index contributed by atoms with van der Waals surface area (Å²) in [5.74, 6) is -0.128. The predicted molar refractivity (Wildman–Crippen MR) is 102 cm³/mol. The molecular weight excluding hydrogens is 327 g/mol. The number of benzene rings is 2. The second-order valence-electron chi connectivity index (χ2n) is 7.15. The maximum Gasteiger partial charge on any atom is 0.224 e. The van der Waals surface area contributed by atoms with Gasteiger partial charge in [-0.3, -0.25) is 4.79 Å². The molecule has 0 bridgehead atoms. The molecule has 0 atom stereocenters. The van der Waals surface area contributed by atoms with Crippen LogP contribution in [0.25, 0.3) is 10.9 Å². The van der Waals surface area contributed by atoms with Crippen LogP contribution in [-0.4, -0.2) is 16.5 Å². The fourth-order valence-electron chi connectivity index (χ4n) is 3.90. The Bertz CT molecular complexity index is 908. The molecule has 1 saturated carbocycles. The number of hydrogen-bond donors (Lipinski definition) is 1. The van der Waals surface area contributed by atoms with Gasteiger partial charge in [0.05, 0.1) is 6.42 Å². The van der Waals surface area contributed by atoms with Crippen molar-refractivity contribution in [2.24, 2.45) is 0 Å². The van der Waals surface area contributed by atoms with Gasteiger partial charge in [0.25, 0.3) is 0 Å². The maximum atomic E-state index is 13.1. The van der Waals surface area contributed by atoms with E-state index in [0.29, 0.717) is 19.0 Å². The van der Waals surface area contributed by atoms with Gasteiger partial charge >= 0.3 is 0 Å². The van der Waals surface area contributed by atoms with E-state index < -0.39 is 0 Å². The molecule has 1 fully saturated rings. The number of halogens is 1. The summed E-state index contributed by atoms with van der Waals surface area (Å²) in [5.41, 5.74) is 3.17. The third-order valence-corrected chi connectivity index (χ3v) is 5.21. The highest BCUT2D eigenvalue weighted by Gasteiger charge is 2.18. The number of nitrogens with zero attached hydrogens (tertiary/aromatic N) is 1. The topological polar surface area (TPSA) is 34.0 Å². The van der Waals surface area contributed by atoms with E-state index in [1.165, 1.54) is 25.0 Å². The number of aromatic nitrogens is 1. The molecule has 26 heavy (non-hydrogen) atoms. The highest BCUT2D eigenvalue weighted by molar-refractivity contribution is 5.89. The number of carbonyl (C=O) groups excluding carboxylic acids is 1. The Morgan fingerprint density at radius 2 is 1.81 bits per heavy atom. The third kappa shape index (κ3) is 3.64. The molecular formula is C22H23FN2O. The second-order valence-corrected chi connectivity index (χ2v) is 7.15. The summed E-state index contributed by atoms with van der Waals surface area (Å²) >= 11 is 0. The number of para-hydroxylation sites is 1. The van der Waals surface area contributed by atoms with Gasteiger partial charge in [-0.25, -0.2) is 4.39 Å². The minimum atomic E-state index is -0.226. The van der Waals surface area contributed by atoms with Gasteiger partial charge < -0.3 is 9.88 Å². The largest absolute Gasteiger partial charge is 0.353 e. The van der Waals surface area contributed by atoms with Crippen molar-refractivity contribution in [1.82, 2.24) is 9.88 Å². The van der Waals surface area contributed by atoms with E-state index in [-0.39, 0.29) is 11.7 Å². The smallest absolute Gasteiger partial charge is 0.224 e. The predicted octanol–water partition coefficient (Wildman–Crippen LogP) is 4.43. The molecule has 0 radical (unpaired) electrons. The Kier molecular flexibility index (Phi) is 4.74. The summed E-state index contributed by atoms with van der Waals surface area (Å²) in [6, 6.07) is 15.1. The zero-order chi connectivity index (χ0) is 17.9. The van der Waals surface area contributed by atoms with E-state index in [1.54, 1.807) is 12.1 Å². The molecule has 4 rings (SSSR count). The zero-order valence-electron chi connectivity index (χ0n) is 14.7. The molecule has 1 amide bonds. The number of hydrogen-bond acceptors (Lipinski definition) is 1. The van der Waals surface area contributed by atoms with Gasteiger partial charge in [0.15, 0.2) is 0 Å². The first-order chi connectivity index (χ1) is 12.7. The molecule has 1 heterocycles. The number of carbonyl (C=O) groups is 1. The molecule has 1 aromatic heterocycles. The Balaban J connectivity index is 1.57. The molecule has 3 nitrogen and oxygen atoms in total. The first-order valence-corrected chi connectivity index (χ1v) is 9.29. The molecule has 134 valence electrons. The van der Waals surface area contributed by atoms with Crippen LogP contribution < -0.4 is 5.32 Å². The van der Waals surface area contributed by atoms with Crippen molar-refractivity contribution >= 4 is 16.8 Å². The standard InChI is InChI=1S/C22H23FN2O/c23-18-11-9-16(10-12-18)14-25-15-17(20-7-3-4-8-21(20)25)13-22(26)24-19-5-1-2-6-19/h3-4,7-12,15,19H,1-2,5-6,13-14H2,(H,24,26). The lowest BCUT2D eigenvalue weighted by Crippen LogP contribution is -2.33. The van der Waals surface area contributed by atoms with Crippen LogP contribution in [0.5, 0.6) is 0 Å². The second kappa shape index (κ2) is 7.32. The minimum absolute atomic E-state index is 0.0987. The minimum Gasteiger partial charge on any atom is -0.353 e. The van der Waals surface area contributed by atoms with Crippen molar-refractivity contribution in [2.45, 2.75) is 44.7 Å². The van der Waals surface area contributed by atoms with E-state index in [9.17, 15) is 9.18 Å². The Morgan fingerprint density at radius 3 is 2.58 bits per heavy atom. The van der Waals surface area contributed by atoms with Crippen LogP contribution in [0.3, 0.4) is 0 Å². The SMILES string of the molecule is O=C(Cc1cn(Cc2ccc(F)cc2)c2ccccc12)NC1CCCC1. The third-order valence-electron chi connectivity index (χ3n) is 5.21. The zero-order valence-corrected chi connectivity index (χ0v) is 14.7. The van der Waals surface area contributed by atoms with Crippen molar-refractivity contribution in [3.05, 3.63) is 71.7 Å². The summed E-state index contributed by atoms with van der Waals surface area (Å²) in [6.07, 6.45) is 7.07. The van der Waals surface area contributed by atoms with Crippen LogP contribution in [0, 0.1) is 5.82 Å². The summed E-state index contributed by atoms with van der Waals surface area (Å²) in [4.78, 5) is 12.5. The van der Waals surface area contributed by atoms with Crippen LogP contribution in [-0.2, 0) is 17.8 Å². The summed E-state index contributed by atoms with van der Waals surface area (Å²) < 4.78 is 15.3. The molecule has 1 aliphatic rings. The monoisotopic (exact) mass is 350 g/mol. The van der Waals surface area contributed by atoms with Crippen molar-refractivity contribution in [3.8, 4) is 0 Å². The lowest BCUT2D eigenvalue weighted by Gasteiger charge is -2.11. The molecule has 0 unspecified atom stereocenters. The normalized spacial score (nSPS) is 14.8. The summed E-state index contributed by atoms with van der Waals surface area (Å²) in [7, 11) is 0. The molecule has 0 aliphatic heterocycles. The molecule has 1 N–H and O–H groups in total. The molecule has 0 spiro atoms. The van der Waals surface area contributed by atoms with Gasteiger partial charge in [-0.05, 0) is 42.2 Å². The van der Waals surface area contributed by atoms with E-state index >= 15 is 0 Å². The maximum absolute atomic E-state index is 13.1. The van der Waals surface area contributed by atoms with E-state index in [2.05, 4.69) is 28.2 Å². The van der Waals surface area contributed by atoms with Gasteiger partial charge in [0.1, 0.15) is 5.82 Å². The fourth-order valence-corrected chi connectivity index (χ4v) is 3.90. The first kappa shape index (κ1) is 16.8. The molecule has 2 aromatic carbocycles. The number of fused-ring (bicyclic) bond motifs is 1. The highest BCUT2D eigenvalue weighted by atomic mass is 19.1. The van der Waals surface area contributed by atoms with Crippen LogP contribution in [0.1, 0.15) is 36.8 Å². The summed E-state index contributed by atoms with van der Waals surface area (Å²) in [6.45, 7) is 0.658. The molecule has 0 saturated heterocycles. The van der Waals surface area contributed by atoms with E-state index in [0.717, 1.165) is 34.9 Å².